The lowest BCUT2D eigenvalue weighted by Gasteiger charge is -2.18. The van der Waals surface area contributed by atoms with E-state index in [0.717, 1.165) is 49.0 Å². The summed E-state index contributed by atoms with van der Waals surface area (Å²) in [5, 5.41) is 22.8. The Morgan fingerprint density at radius 3 is 2.80 bits per heavy atom. The van der Waals surface area contributed by atoms with E-state index in [-0.39, 0.29) is 24.0 Å². The summed E-state index contributed by atoms with van der Waals surface area (Å²) in [5.74, 6) is -0.0932. The highest BCUT2D eigenvalue weighted by Crippen LogP contribution is 2.43. The van der Waals surface area contributed by atoms with Gasteiger partial charge in [-0.15, -0.1) is 11.3 Å². The monoisotopic (exact) mass is 364 g/mol. The fraction of sp³-hybridized carbons (Fsp3) is 0.667. The lowest BCUT2D eigenvalue weighted by atomic mass is 9.89. The molecule has 2 N–H and O–H groups in total. The van der Waals surface area contributed by atoms with E-state index in [1.807, 2.05) is 11.4 Å². The second-order valence-corrected chi connectivity index (χ2v) is 8.10. The maximum Gasteiger partial charge on any atom is 0.139 e. The van der Waals surface area contributed by atoms with Gasteiger partial charge in [0.25, 0.3) is 0 Å². The van der Waals surface area contributed by atoms with Gasteiger partial charge in [-0.05, 0) is 36.3 Å². The molecule has 0 aliphatic heterocycles. The Morgan fingerprint density at radius 1 is 1.28 bits per heavy atom. The van der Waals surface area contributed by atoms with E-state index in [2.05, 4.69) is 26.0 Å². The molecule has 1 aliphatic rings. The molecule has 0 aromatic carbocycles. The first kappa shape index (κ1) is 20.3. The van der Waals surface area contributed by atoms with Gasteiger partial charge in [0.15, 0.2) is 0 Å². The highest BCUT2D eigenvalue weighted by atomic mass is 32.1. The molecular weight excluding hydrogens is 332 g/mol. The molecule has 0 spiro atoms. The van der Waals surface area contributed by atoms with E-state index in [0.29, 0.717) is 6.42 Å². The van der Waals surface area contributed by atoms with Gasteiger partial charge in [-0.1, -0.05) is 51.7 Å². The van der Waals surface area contributed by atoms with Crippen LogP contribution in [0.4, 0.5) is 0 Å². The molecule has 1 aromatic heterocycles. The molecule has 0 amide bonds. The second kappa shape index (κ2) is 10.2. The Morgan fingerprint density at radius 2 is 2.08 bits per heavy atom. The summed E-state index contributed by atoms with van der Waals surface area (Å²) in [6, 6.07) is 2.01. The average molecular weight is 365 g/mol. The minimum absolute atomic E-state index is 0.125. The van der Waals surface area contributed by atoms with Crippen molar-refractivity contribution in [3.8, 4) is 0 Å². The molecule has 4 atom stereocenters. The van der Waals surface area contributed by atoms with E-state index in [1.165, 1.54) is 0 Å². The smallest absolute Gasteiger partial charge is 0.139 e. The van der Waals surface area contributed by atoms with E-state index in [1.54, 1.807) is 11.3 Å². The highest BCUT2D eigenvalue weighted by Gasteiger charge is 2.42. The van der Waals surface area contributed by atoms with Crippen molar-refractivity contribution in [1.82, 2.24) is 0 Å². The Balaban J connectivity index is 2.05. The molecule has 3 unspecified atom stereocenters. The Labute approximate surface area is 155 Å². The molecule has 0 radical (unpaired) electrons. The first-order valence-corrected chi connectivity index (χ1v) is 10.6. The molecule has 0 bridgehead atoms. The van der Waals surface area contributed by atoms with Gasteiger partial charge in [0.2, 0.25) is 0 Å². The SMILES string of the molecule is CCC/C=C\CC1C(=O)C[C@@H](O)C1c1cc(C(O)CCCCC)cs1. The van der Waals surface area contributed by atoms with Crippen LogP contribution in [0.3, 0.4) is 0 Å². The number of allylic oxidation sites excluding steroid dienone is 2. The molecule has 1 heterocycles. The minimum Gasteiger partial charge on any atom is -0.392 e. The quantitative estimate of drug-likeness (QED) is 0.446. The summed E-state index contributed by atoms with van der Waals surface area (Å²) in [7, 11) is 0. The number of hydrogen-bond acceptors (Lipinski definition) is 4. The van der Waals surface area contributed by atoms with E-state index >= 15 is 0 Å². The number of hydrogen-bond donors (Lipinski definition) is 2. The van der Waals surface area contributed by atoms with Crippen LogP contribution in [0.25, 0.3) is 0 Å². The number of unbranched alkanes of at least 4 members (excludes halogenated alkanes) is 3. The molecule has 4 heteroatoms. The normalized spacial score (nSPS) is 25.1. The van der Waals surface area contributed by atoms with E-state index < -0.39 is 12.2 Å². The summed E-state index contributed by atoms with van der Waals surface area (Å²) < 4.78 is 0. The number of thiophene rings is 1. The lowest BCUT2D eigenvalue weighted by Crippen LogP contribution is -2.17. The van der Waals surface area contributed by atoms with Crippen molar-refractivity contribution in [2.75, 3.05) is 0 Å². The highest BCUT2D eigenvalue weighted by molar-refractivity contribution is 7.10. The predicted molar refractivity (Wildman–Crippen MR) is 104 cm³/mol. The van der Waals surface area contributed by atoms with Crippen LogP contribution in [0, 0.1) is 5.92 Å². The van der Waals surface area contributed by atoms with Crippen LogP contribution in [0.2, 0.25) is 0 Å². The van der Waals surface area contributed by atoms with Gasteiger partial charge in [0.1, 0.15) is 5.78 Å². The number of aliphatic hydroxyl groups is 2. The molecule has 0 saturated heterocycles. The van der Waals surface area contributed by atoms with Crippen LogP contribution >= 0.6 is 11.3 Å². The third-order valence-corrected chi connectivity index (χ3v) is 6.17. The van der Waals surface area contributed by atoms with Crippen LogP contribution in [-0.4, -0.2) is 22.1 Å². The molecule has 1 saturated carbocycles. The van der Waals surface area contributed by atoms with Crippen molar-refractivity contribution in [2.45, 2.75) is 83.3 Å². The van der Waals surface area contributed by atoms with Crippen LogP contribution in [0.1, 0.15) is 87.7 Å². The van der Waals surface area contributed by atoms with Crippen molar-refractivity contribution < 1.29 is 15.0 Å². The predicted octanol–water partition coefficient (Wildman–Crippen LogP) is 5.14. The number of carbonyl (C=O) groups excluding carboxylic acids is 1. The van der Waals surface area contributed by atoms with Crippen molar-refractivity contribution in [1.29, 1.82) is 0 Å². The van der Waals surface area contributed by atoms with Gasteiger partial charge in [0, 0.05) is 23.1 Å². The number of Topliss-reactive ketones (excluding diaryl/α,β-unsaturated/α-hetero) is 1. The van der Waals surface area contributed by atoms with Gasteiger partial charge >= 0.3 is 0 Å². The van der Waals surface area contributed by atoms with Crippen LogP contribution in [-0.2, 0) is 4.79 Å². The number of carbonyl (C=O) groups is 1. The van der Waals surface area contributed by atoms with Crippen molar-refractivity contribution >= 4 is 17.1 Å². The van der Waals surface area contributed by atoms with Gasteiger partial charge in [0.05, 0.1) is 12.2 Å². The summed E-state index contributed by atoms with van der Waals surface area (Å²) in [6.07, 6.45) is 10.4. The zero-order chi connectivity index (χ0) is 18.2. The summed E-state index contributed by atoms with van der Waals surface area (Å²) >= 11 is 1.57. The third kappa shape index (κ3) is 5.50. The average Bonchev–Trinajstić information content (AvgIpc) is 3.16. The van der Waals surface area contributed by atoms with Crippen molar-refractivity contribution in [2.24, 2.45) is 5.92 Å². The molecular formula is C21H32O3S. The summed E-state index contributed by atoms with van der Waals surface area (Å²) in [5.41, 5.74) is 0.933. The fourth-order valence-corrected chi connectivity index (χ4v) is 4.80. The summed E-state index contributed by atoms with van der Waals surface area (Å²) in [4.78, 5) is 13.3. The molecule has 3 nitrogen and oxygen atoms in total. The topological polar surface area (TPSA) is 57.5 Å². The van der Waals surface area contributed by atoms with Crippen LogP contribution in [0.15, 0.2) is 23.6 Å². The Kier molecular flexibility index (Phi) is 8.34. The fourth-order valence-electron chi connectivity index (χ4n) is 3.62. The van der Waals surface area contributed by atoms with Gasteiger partial charge in [-0.25, -0.2) is 0 Å². The maximum absolute atomic E-state index is 12.3. The van der Waals surface area contributed by atoms with Crippen molar-refractivity contribution in [3.63, 3.8) is 0 Å². The molecule has 1 fully saturated rings. The standard InChI is InChI=1S/C21H32O3S/c1-3-5-7-9-10-16-18(23)13-19(24)21(16)20-12-15(14-25-20)17(22)11-8-6-4-2/h7,9,12,14,16-17,19,21-22,24H,3-6,8,10-11,13H2,1-2H3/b9-7-/t16?,17?,19-,21?/m1/s1. The van der Waals surface area contributed by atoms with Crippen LogP contribution in [0.5, 0.6) is 0 Å². The Bertz CT molecular complexity index is 563. The molecule has 1 aromatic rings. The first-order chi connectivity index (χ1) is 12.1. The molecule has 1 aliphatic carbocycles. The zero-order valence-electron chi connectivity index (χ0n) is 15.5. The van der Waals surface area contributed by atoms with Crippen molar-refractivity contribution in [3.05, 3.63) is 34.0 Å². The van der Waals surface area contributed by atoms with Gasteiger partial charge in [-0.3, -0.25) is 4.79 Å². The van der Waals surface area contributed by atoms with Gasteiger partial charge < -0.3 is 10.2 Å². The third-order valence-electron chi connectivity index (χ3n) is 5.12. The number of ketones is 1. The van der Waals surface area contributed by atoms with E-state index in [9.17, 15) is 15.0 Å². The van der Waals surface area contributed by atoms with Gasteiger partial charge in [-0.2, -0.15) is 0 Å². The molecule has 2 rings (SSSR count). The summed E-state index contributed by atoms with van der Waals surface area (Å²) in [6.45, 7) is 4.29. The largest absolute Gasteiger partial charge is 0.392 e. The number of rotatable bonds is 10. The first-order valence-electron chi connectivity index (χ1n) is 9.70. The maximum atomic E-state index is 12.3. The Hall–Kier alpha value is -0.970. The minimum atomic E-state index is -0.596. The van der Waals surface area contributed by atoms with Crippen LogP contribution < -0.4 is 0 Å². The number of aliphatic hydroxyl groups excluding tert-OH is 2. The molecule has 140 valence electrons. The lowest BCUT2D eigenvalue weighted by molar-refractivity contribution is -0.121. The molecule has 25 heavy (non-hydrogen) atoms. The second-order valence-electron chi connectivity index (χ2n) is 7.16. The van der Waals surface area contributed by atoms with E-state index in [4.69, 9.17) is 0 Å². The zero-order valence-corrected chi connectivity index (χ0v) is 16.3.